The quantitative estimate of drug-likeness (QED) is 0.395. The zero-order valence-corrected chi connectivity index (χ0v) is 20.5. The summed E-state index contributed by atoms with van der Waals surface area (Å²) in [6.45, 7) is 6.41. The van der Waals surface area contributed by atoms with Gasteiger partial charge in [0.1, 0.15) is 11.9 Å². The second kappa shape index (κ2) is 11.6. The smallest absolute Gasteiger partial charge is 0.306 e. The maximum atomic E-state index is 12.7. The first-order chi connectivity index (χ1) is 16.4. The monoisotopic (exact) mass is 494 g/mol. The van der Waals surface area contributed by atoms with E-state index in [1.165, 1.54) is 19.2 Å². The number of anilines is 1. The fourth-order valence-corrected chi connectivity index (χ4v) is 5.21. The standard InChI is InChI=1S/C24H35ClN4O5/c1-32-21-12-20(26)19(25)11-18(21)24(31)27-13-17-14-28(9-10-33-17)6-2-3-23(30)34-22-15-29-7-4-16(22)5-8-29/h11-12,16-17,22H,2-10,13-15,26H2,1H3,(H,27,31)/t17-,22-/m0/s1. The molecular formula is C24H35ClN4O5. The number of methoxy groups -OCH3 is 1. The van der Waals surface area contributed by atoms with Crippen LogP contribution in [0.5, 0.6) is 5.75 Å². The van der Waals surface area contributed by atoms with Gasteiger partial charge in [-0.2, -0.15) is 0 Å². The van der Waals surface area contributed by atoms with Gasteiger partial charge >= 0.3 is 5.97 Å². The molecule has 2 atom stereocenters. The minimum absolute atomic E-state index is 0.0703. The van der Waals surface area contributed by atoms with Crippen LogP contribution < -0.4 is 15.8 Å². The summed E-state index contributed by atoms with van der Waals surface area (Å²) in [6.07, 6.45) is 3.40. The number of esters is 1. The van der Waals surface area contributed by atoms with Gasteiger partial charge in [-0.3, -0.25) is 19.4 Å². The van der Waals surface area contributed by atoms with Gasteiger partial charge in [0.15, 0.2) is 0 Å². The molecule has 4 saturated heterocycles. The minimum Gasteiger partial charge on any atom is -0.496 e. The van der Waals surface area contributed by atoms with E-state index >= 15 is 0 Å². The molecule has 0 radical (unpaired) electrons. The molecule has 0 saturated carbocycles. The van der Waals surface area contributed by atoms with Crippen LogP contribution in [0.15, 0.2) is 12.1 Å². The number of fused-ring (bicyclic) bond motifs is 3. The molecule has 34 heavy (non-hydrogen) atoms. The molecule has 4 aliphatic rings. The number of morpholine rings is 1. The molecule has 0 aromatic heterocycles. The number of benzene rings is 1. The van der Waals surface area contributed by atoms with Crippen molar-refractivity contribution in [3.8, 4) is 5.75 Å². The van der Waals surface area contributed by atoms with Gasteiger partial charge in [0.25, 0.3) is 5.91 Å². The van der Waals surface area contributed by atoms with Crippen LogP contribution in [-0.2, 0) is 14.3 Å². The zero-order chi connectivity index (χ0) is 24.1. The molecule has 1 aromatic carbocycles. The second-order valence-electron chi connectivity index (χ2n) is 9.35. The molecule has 9 nitrogen and oxygen atoms in total. The molecular weight excluding hydrogens is 460 g/mol. The Hall–Kier alpha value is -2.07. The van der Waals surface area contributed by atoms with Crippen molar-refractivity contribution in [3.63, 3.8) is 0 Å². The Bertz CT molecular complexity index is 877. The van der Waals surface area contributed by atoms with Crippen LogP contribution in [0.25, 0.3) is 0 Å². The number of carbonyl (C=O) groups excluding carboxylic acids is 2. The number of halogens is 1. The molecule has 188 valence electrons. The number of amides is 1. The lowest BCUT2D eigenvalue weighted by Gasteiger charge is -2.43. The van der Waals surface area contributed by atoms with Gasteiger partial charge in [-0.1, -0.05) is 11.6 Å². The first-order valence-corrected chi connectivity index (χ1v) is 12.5. The largest absolute Gasteiger partial charge is 0.496 e. The number of nitrogens with zero attached hydrogens (tertiary/aromatic N) is 2. The Morgan fingerprint density at radius 2 is 2.03 bits per heavy atom. The van der Waals surface area contributed by atoms with Gasteiger partial charge in [0.2, 0.25) is 0 Å². The number of hydrogen-bond donors (Lipinski definition) is 2. The lowest BCUT2D eigenvalue weighted by Crippen LogP contribution is -2.52. The molecule has 1 amide bonds. The van der Waals surface area contributed by atoms with Crippen molar-refractivity contribution >= 4 is 29.2 Å². The lowest BCUT2D eigenvalue weighted by molar-refractivity contribution is -0.159. The van der Waals surface area contributed by atoms with Crippen LogP contribution in [0.2, 0.25) is 5.02 Å². The molecule has 2 bridgehead atoms. The highest BCUT2D eigenvalue weighted by Crippen LogP contribution is 2.30. The fourth-order valence-electron chi connectivity index (χ4n) is 5.04. The summed E-state index contributed by atoms with van der Waals surface area (Å²) < 4.78 is 16.9. The van der Waals surface area contributed by atoms with Crippen LogP contribution in [0.3, 0.4) is 0 Å². The van der Waals surface area contributed by atoms with Crippen molar-refractivity contribution in [1.29, 1.82) is 0 Å². The van der Waals surface area contributed by atoms with Gasteiger partial charge in [-0.25, -0.2) is 0 Å². The summed E-state index contributed by atoms with van der Waals surface area (Å²) in [5.41, 5.74) is 6.48. The molecule has 0 spiro atoms. The molecule has 1 aromatic rings. The van der Waals surface area contributed by atoms with Crippen molar-refractivity contribution in [2.24, 2.45) is 5.92 Å². The molecule has 4 heterocycles. The Kier molecular flexibility index (Phi) is 8.52. The van der Waals surface area contributed by atoms with E-state index in [4.69, 9.17) is 31.5 Å². The summed E-state index contributed by atoms with van der Waals surface area (Å²) in [4.78, 5) is 29.7. The topological polar surface area (TPSA) is 106 Å². The average molecular weight is 495 g/mol. The summed E-state index contributed by atoms with van der Waals surface area (Å²) >= 11 is 6.07. The van der Waals surface area contributed by atoms with Gasteiger partial charge in [-0.15, -0.1) is 0 Å². The molecule has 0 unspecified atom stereocenters. The van der Waals surface area contributed by atoms with E-state index in [2.05, 4.69) is 15.1 Å². The van der Waals surface area contributed by atoms with E-state index in [0.29, 0.717) is 54.1 Å². The maximum Gasteiger partial charge on any atom is 0.306 e. The second-order valence-corrected chi connectivity index (χ2v) is 9.75. The van der Waals surface area contributed by atoms with Crippen LogP contribution in [0.4, 0.5) is 5.69 Å². The van der Waals surface area contributed by atoms with Crippen molar-refractivity contribution in [3.05, 3.63) is 22.7 Å². The Morgan fingerprint density at radius 3 is 2.74 bits per heavy atom. The zero-order valence-electron chi connectivity index (χ0n) is 19.8. The Morgan fingerprint density at radius 1 is 1.24 bits per heavy atom. The molecule has 10 heteroatoms. The summed E-state index contributed by atoms with van der Waals surface area (Å²) in [5.74, 6) is 0.519. The number of rotatable bonds is 9. The fraction of sp³-hybridized carbons (Fsp3) is 0.667. The van der Waals surface area contributed by atoms with E-state index in [1.807, 2.05) is 0 Å². The SMILES string of the molecule is COc1cc(N)c(Cl)cc1C(=O)NC[C@H]1CN(CCCC(=O)O[C@H]2CN3CCC2CC3)CCO1. The van der Waals surface area contributed by atoms with Gasteiger partial charge in [0, 0.05) is 38.7 Å². The Labute approximate surface area is 205 Å². The highest BCUT2D eigenvalue weighted by Gasteiger charge is 2.36. The molecule has 4 aliphatic heterocycles. The third-order valence-corrected chi connectivity index (χ3v) is 7.34. The number of nitrogens with one attached hydrogen (secondary N) is 1. The van der Waals surface area contributed by atoms with Crippen molar-refractivity contribution in [2.75, 3.05) is 65.3 Å². The highest BCUT2D eigenvalue weighted by atomic mass is 35.5. The number of carbonyl (C=O) groups is 2. The number of hydrogen-bond acceptors (Lipinski definition) is 8. The lowest BCUT2D eigenvalue weighted by atomic mass is 9.86. The maximum absolute atomic E-state index is 12.7. The third-order valence-electron chi connectivity index (χ3n) is 7.01. The minimum atomic E-state index is -0.296. The van der Waals surface area contributed by atoms with Gasteiger partial charge in [-0.05, 0) is 50.9 Å². The highest BCUT2D eigenvalue weighted by molar-refractivity contribution is 6.33. The van der Waals surface area contributed by atoms with E-state index in [1.54, 1.807) is 0 Å². The van der Waals surface area contributed by atoms with E-state index in [9.17, 15) is 9.59 Å². The first-order valence-electron chi connectivity index (χ1n) is 12.1. The number of nitrogens with two attached hydrogens (primary N) is 1. The number of piperidine rings is 3. The van der Waals surface area contributed by atoms with Crippen molar-refractivity contribution in [2.45, 2.75) is 37.9 Å². The normalized spacial score (nSPS) is 26.8. The van der Waals surface area contributed by atoms with Crippen molar-refractivity contribution < 1.29 is 23.8 Å². The summed E-state index contributed by atoms with van der Waals surface area (Å²) in [7, 11) is 1.48. The summed E-state index contributed by atoms with van der Waals surface area (Å²) in [6, 6.07) is 3.05. The molecule has 3 N–H and O–H groups in total. The molecule has 0 aliphatic carbocycles. The van der Waals surface area contributed by atoms with Crippen LogP contribution in [-0.4, -0.2) is 93.4 Å². The number of nitrogen functional groups attached to an aromatic ring is 1. The van der Waals surface area contributed by atoms with E-state index in [-0.39, 0.29) is 24.1 Å². The predicted octanol–water partition coefficient (Wildman–Crippen LogP) is 1.78. The average Bonchev–Trinajstić information content (AvgIpc) is 2.85. The number of ether oxygens (including phenoxy) is 3. The predicted molar refractivity (Wildman–Crippen MR) is 129 cm³/mol. The van der Waals surface area contributed by atoms with Gasteiger partial charge < -0.3 is 25.3 Å². The summed E-state index contributed by atoms with van der Waals surface area (Å²) in [5, 5.41) is 3.20. The molecule has 4 fully saturated rings. The molecule has 5 rings (SSSR count). The van der Waals surface area contributed by atoms with E-state index < -0.39 is 0 Å². The van der Waals surface area contributed by atoms with Crippen LogP contribution >= 0.6 is 11.6 Å². The Balaban J connectivity index is 1.17. The van der Waals surface area contributed by atoms with Crippen molar-refractivity contribution in [1.82, 2.24) is 15.1 Å². The van der Waals surface area contributed by atoms with Crippen LogP contribution in [0, 0.1) is 5.92 Å². The van der Waals surface area contributed by atoms with Gasteiger partial charge in [0.05, 0.1) is 36.1 Å². The third kappa shape index (κ3) is 6.33. The van der Waals surface area contributed by atoms with E-state index in [0.717, 1.165) is 52.0 Å². The first kappa shape index (κ1) is 25.0. The van der Waals surface area contributed by atoms with Crippen LogP contribution in [0.1, 0.15) is 36.0 Å².